The summed E-state index contributed by atoms with van der Waals surface area (Å²) in [5.41, 5.74) is 0.704. The number of nitrogens with zero attached hydrogens (tertiary/aromatic N) is 2. The van der Waals surface area contributed by atoms with Crippen molar-refractivity contribution in [2.24, 2.45) is 5.41 Å². The highest BCUT2D eigenvalue weighted by Crippen LogP contribution is 2.27. The van der Waals surface area contributed by atoms with Gasteiger partial charge in [0.15, 0.2) is 0 Å². The van der Waals surface area contributed by atoms with E-state index in [1.807, 2.05) is 69.3 Å². The molecule has 0 saturated heterocycles. The molecule has 2 aromatic rings. The summed E-state index contributed by atoms with van der Waals surface area (Å²) in [7, 11) is 0. The molecule has 0 atom stereocenters. The average Bonchev–Trinajstić information content (AvgIpc) is 2.53. The van der Waals surface area contributed by atoms with Crippen molar-refractivity contribution in [3.63, 3.8) is 0 Å². The molecule has 110 valence electrons. The molecular formula is C18H22N2O. The van der Waals surface area contributed by atoms with E-state index < -0.39 is 5.41 Å². The zero-order valence-corrected chi connectivity index (χ0v) is 12.9. The molecular weight excluding hydrogens is 260 g/mol. The van der Waals surface area contributed by atoms with Crippen molar-refractivity contribution in [3.05, 3.63) is 60.3 Å². The molecule has 3 heteroatoms. The maximum atomic E-state index is 12.9. The van der Waals surface area contributed by atoms with Crippen molar-refractivity contribution in [3.8, 4) is 0 Å². The summed E-state index contributed by atoms with van der Waals surface area (Å²) in [6.07, 6.45) is 2.52. The van der Waals surface area contributed by atoms with Gasteiger partial charge in [0.05, 0.1) is 6.54 Å². The molecule has 21 heavy (non-hydrogen) atoms. The standard InChI is InChI=1S/C18H22N2O/c1-4-18(2,3)17(21)20(16-12-8-9-13-19-16)14-15-10-6-5-7-11-15/h5-13H,4,14H2,1-3H3. The minimum absolute atomic E-state index is 0.104. The van der Waals surface area contributed by atoms with Gasteiger partial charge in [0.2, 0.25) is 5.91 Å². The lowest BCUT2D eigenvalue weighted by Gasteiger charge is -2.30. The molecule has 1 aromatic heterocycles. The number of rotatable bonds is 5. The summed E-state index contributed by atoms with van der Waals surface area (Å²) >= 11 is 0. The van der Waals surface area contributed by atoms with E-state index in [2.05, 4.69) is 4.98 Å². The fourth-order valence-corrected chi connectivity index (χ4v) is 2.05. The van der Waals surface area contributed by atoms with Crippen molar-refractivity contribution in [2.45, 2.75) is 33.7 Å². The van der Waals surface area contributed by atoms with E-state index in [0.717, 1.165) is 12.0 Å². The van der Waals surface area contributed by atoms with E-state index in [4.69, 9.17) is 0 Å². The lowest BCUT2D eigenvalue weighted by atomic mass is 9.88. The lowest BCUT2D eigenvalue weighted by molar-refractivity contribution is -0.126. The second-order valence-electron chi connectivity index (χ2n) is 5.80. The Morgan fingerprint density at radius 3 is 2.33 bits per heavy atom. The van der Waals surface area contributed by atoms with Crippen LogP contribution in [0.1, 0.15) is 32.8 Å². The van der Waals surface area contributed by atoms with Crippen molar-refractivity contribution < 1.29 is 4.79 Å². The smallest absolute Gasteiger partial charge is 0.234 e. The third-order valence-electron chi connectivity index (χ3n) is 3.82. The first-order valence-electron chi connectivity index (χ1n) is 7.31. The molecule has 0 aliphatic rings. The summed E-state index contributed by atoms with van der Waals surface area (Å²) in [4.78, 5) is 19.0. The van der Waals surface area contributed by atoms with Crippen LogP contribution < -0.4 is 4.90 Å². The van der Waals surface area contributed by atoms with E-state index >= 15 is 0 Å². The number of carbonyl (C=O) groups is 1. The summed E-state index contributed by atoms with van der Waals surface area (Å²) in [5.74, 6) is 0.806. The van der Waals surface area contributed by atoms with Gasteiger partial charge in [-0.3, -0.25) is 9.69 Å². The molecule has 3 nitrogen and oxygen atoms in total. The minimum Gasteiger partial charge on any atom is -0.292 e. The maximum Gasteiger partial charge on any atom is 0.234 e. The van der Waals surface area contributed by atoms with Gasteiger partial charge >= 0.3 is 0 Å². The quantitative estimate of drug-likeness (QED) is 0.829. The number of hydrogen-bond acceptors (Lipinski definition) is 2. The second kappa shape index (κ2) is 6.53. The molecule has 0 aliphatic carbocycles. The minimum atomic E-state index is -0.397. The summed E-state index contributed by atoms with van der Waals surface area (Å²) < 4.78 is 0. The van der Waals surface area contributed by atoms with Gasteiger partial charge in [0.25, 0.3) is 0 Å². The number of amides is 1. The molecule has 0 N–H and O–H groups in total. The Bertz CT molecular complexity index is 579. The molecule has 0 spiro atoms. The third-order valence-corrected chi connectivity index (χ3v) is 3.82. The van der Waals surface area contributed by atoms with Gasteiger partial charge in [-0.25, -0.2) is 4.98 Å². The van der Waals surface area contributed by atoms with Crippen LogP contribution in [0.2, 0.25) is 0 Å². The van der Waals surface area contributed by atoms with Crippen LogP contribution >= 0.6 is 0 Å². The summed E-state index contributed by atoms with van der Waals surface area (Å²) in [6, 6.07) is 15.7. The molecule has 0 aliphatic heterocycles. The molecule has 0 bridgehead atoms. The third kappa shape index (κ3) is 3.69. The largest absolute Gasteiger partial charge is 0.292 e. The lowest BCUT2D eigenvalue weighted by Crippen LogP contribution is -2.40. The van der Waals surface area contributed by atoms with Gasteiger partial charge in [-0.05, 0) is 24.1 Å². The first kappa shape index (κ1) is 15.2. The Morgan fingerprint density at radius 2 is 1.76 bits per heavy atom. The van der Waals surface area contributed by atoms with E-state index in [-0.39, 0.29) is 5.91 Å². The molecule has 1 amide bonds. The fraction of sp³-hybridized carbons (Fsp3) is 0.333. The van der Waals surface area contributed by atoms with Gasteiger partial charge in [-0.15, -0.1) is 0 Å². The van der Waals surface area contributed by atoms with Crippen LogP contribution in [-0.4, -0.2) is 10.9 Å². The van der Waals surface area contributed by atoms with E-state index in [1.165, 1.54) is 0 Å². The van der Waals surface area contributed by atoms with Crippen molar-refractivity contribution in [2.75, 3.05) is 4.90 Å². The van der Waals surface area contributed by atoms with Crippen LogP contribution in [0.4, 0.5) is 5.82 Å². The van der Waals surface area contributed by atoms with Crippen molar-refractivity contribution in [1.29, 1.82) is 0 Å². The monoisotopic (exact) mass is 282 g/mol. The van der Waals surface area contributed by atoms with Gasteiger partial charge in [0.1, 0.15) is 5.82 Å². The van der Waals surface area contributed by atoms with Gasteiger partial charge in [0, 0.05) is 11.6 Å². The van der Waals surface area contributed by atoms with E-state index in [9.17, 15) is 4.79 Å². The number of pyridine rings is 1. The number of benzene rings is 1. The Kier molecular flexibility index (Phi) is 4.73. The molecule has 0 saturated carbocycles. The highest BCUT2D eigenvalue weighted by atomic mass is 16.2. The molecule has 1 aromatic carbocycles. The number of anilines is 1. The molecule has 1 heterocycles. The normalized spacial score (nSPS) is 11.2. The summed E-state index contributed by atoms with van der Waals surface area (Å²) in [5, 5.41) is 0. The highest BCUT2D eigenvalue weighted by Gasteiger charge is 2.31. The summed E-state index contributed by atoms with van der Waals surface area (Å²) in [6.45, 7) is 6.55. The van der Waals surface area contributed by atoms with Gasteiger partial charge < -0.3 is 0 Å². The van der Waals surface area contributed by atoms with Crippen LogP contribution in [0.3, 0.4) is 0 Å². The number of hydrogen-bond donors (Lipinski definition) is 0. The average molecular weight is 282 g/mol. The van der Waals surface area contributed by atoms with Crippen LogP contribution in [0.25, 0.3) is 0 Å². The van der Waals surface area contributed by atoms with Crippen molar-refractivity contribution >= 4 is 11.7 Å². The predicted octanol–water partition coefficient (Wildman–Crippen LogP) is 4.05. The zero-order chi connectivity index (χ0) is 15.3. The number of aromatic nitrogens is 1. The topological polar surface area (TPSA) is 33.2 Å². The molecule has 0 radical (unpaired) electrons. The SMILES string of the molecule is CCC(C)(C)C(=O)N(Cc1ccccc1)c1ccccn1. The van der Waals surface area contributed by atoms with Crippen LogP contribution in [0.15, 0.2) is 54.7 Å². The van der Waals surface area contributed by atoms with Crippen LogP contribution in [0.5, 0.6) is 0 Å². The molecule has 2 rings (SSSR count). The van der Waals surface area contributed by atoms with E-state index in [1.54, 1.807) is 11.1 Å². The molecule has 0 unspecified atom stereocenters. The van der Waals surface area contributed by atoms with Crippen LogP contribution in [0, 0.1) is 5.41 Å². The Morgan fingerprint density at radius 1 is 1.10 bits per heavy atom. The van der Waals surface area contributed by atoms with Gasteiger partial charge in [-0.1, -0.05) is 57.2 Å². The van der Waals surface area contributed by atoms with Gasteiger partial charge in [-0.2, -0.15) is 0 Å². The Labute approximate surface area is 126 Å². The Hall–Kier alpha value is -2.16. The Balaban J connectivity index is 2.34. The second-order valence-corrected chi connectivity index (χ2v) is 5.80. The maximum absolute atomic E-state index is 12.9. The fourth-order valence-electron chi connectivity index (χ4n) is 2.05. The first-order valence-corrected chi connectivity index (χ1v) is 7.31. The van der Waals surface area contributed by atoms with Crippen molar-refractivity contribution in [1.82, 2.24) is 4.98 Å². The zero-order valence-electron chi connectivity index (χ0n) is 12.9. The highest BCUT2D eigenvalue weighted by molar-refractivity contribution is 5.96. The van der Waals surface area contributed by atoms with Crippen LogP contribution in [-0.2, 0) is 11.3 Å². The molecule has 0 fully saturated rings. The van der Waals surface area contributed by atoms with E-state index in [0.29, 0.717) is 12.4 Å². The predicted molar refractivity (Wildman–Crippen MR) is 85.9 cm³/mol. The first-order chi connectivity index (χ1) is 10.0. The number of carbonyl (C=O) groups excluding carboxylic acids is 1.